The number of nitrogens with one attached hydrogen (secondary N) is 1. The second-order valence-electron chi connectivity index (χ2n) is 6.44. The van der Waals surface area contributed by atoms with E-state index in [4.69, 9.17) is 4.74 Å². The topological polar surface area (TPSA) is 51.2 Å². The number of carbonyl (C=O) groups is 1. The van der Waals surface area contributed by atoms with E-state index in [-0.39, 0.29) is 5.91 Å². The normalized spacial score (nSPS) is 10.6. The molecule has 0 radical (unpaired) electrons. The fourth-order valence-electron chi connectivity index (χ4n) is 2.63. The van der Waals surface area contributed by atoms with Crippen LogP contribution in [0.5, 0.6) is 5.75 Å². The molecular formula is C22H24N2O2S. The summed E-state index contributed by atoms with van der Waals surface area (Å²) in [6.45, 7) is 4.89. The molecule has 2 aromatic carbocycles. The number of ether oxygens (including phenoxy) is 1. The van der Waals surface area contributed by atoms with Gasteiger partial charge in [-0.05, 0) is 31.5 Å². The van der Waals surface area contributed by atoms with E-state index < -0.39 is 0 Å². The third-order valence-electron chi connectivity index (χ3n) is 4.18. The Morgan fingerprint density at radius 3 is 2.74 bits per heavy atom. The van der Waals surface area contributed by atoms with Crippen LogP contribution in [-0.2, 0) is 0 Å². The molecule has 5 heteroatoms. The van der Waals surface area contributed by atoms with Crippen LogP contribution in [-0.4, -0.2) is 17.5 Å². The summed E-state index contributed by atoms with van der Waals surface area (Å²) in [4.78, 5) is 17.1. The molecule has 0 bridgehead atoms. The van der Waals surface area contributed by atoms with Crippen LogP contribution in [0.25, 0.3) is 11.3 Å². The van der Waals surface area contributed by atoms with Gasteiger partial charge in [-0.1, -0.05) is 55.7 Å². The number of carbonyl (C=O) groups excluding carboxylic acids is 1. The number of amides is 1. The number of unbranched alkanes of at least 4 members (excludes halogenated alkanes) is 2. The fourth-order valence-corrected chi connectivity index (χ4v) is 3.34. The fraction of sp³-hybridized carbons (Fsp3) is 0.273. The smallest absolute Gasteiger partial charge is 0.257 e. The summed E-state index contributed by atoms with van der Waals surface area (Å²) < 4.78 is 5.73. The zero-order valence-electron chi connectivity index (χ0n) is 15.7. The monoisotopic (exact) mass is 380 g/mol. The molecule has 0 saturated carbocycles. The van der Waals surface area contributed by atoms with Crippen molar-refractivity contribution in [2.45, 2.75) is 33.1 Å². The van der Waals surface area contributed by atoms with Crippen molar-refractivity contribution < 1.29 is 9.53 Å². The maximum atomic E-state index is 12.5. The number of hydrogen-bond acceptors (Lipinski definition) is 4. The van der Waals surface area contributed by atoms with Gasteiger partial charge in [0.15, 0.2) is 5.13 Å². The highest BCUT2D eigenvalue weighted by Gasteiger charge is 2.11. The Labute approximate surface area is 164 Å². The Bertz CT molecular complexity index is 887. The largest absolute Gasteiger partial charge is 0.494 e. The number of rotatable bonds is 8. The van der Waals surface area contributed by atoms with Gasteiger partial charge in [0.2, 0.25) is 0 Å². The molecule has 0 fully saturated rings. The van der Waals surface area contributed by atoms with Gasteiger partial charge in [0.25, 0.3) is 5.91 Å². The summed E-state index contributed by atoms with van der Waals surface area (Å²) in [6.07, 6.45) is 3.32. The Kier molecular flexibility index (Phi) is 6.60. The van der Waals surface area contributed by atoms with Gasteiger partial charge in [-0.15, -0.1) is 11.3 Å². The van der Waals surface area contributed by atoms with Crippen LogP contribution in [0.2, 0.25) is 0 Å². The first-order chi connectivity index (χ1) is 13.2. The summed E-state index contributed by atoms with van der Waals surface area (Å²) >= 11 is 1.42. The van der Waals surface area contributed by atoms with E-state index in [0.717, 1.165) is 36.3 Å². The van der Waals surface area contributed by atoms with Crippen molar-refractivity contribution in [3.05, 3.63) is 65.0 Å². The zero-order valence-corrected chi connectivity index (χ0v) is 16.5. The molecule has 140 valence electrons. The quantitative estimate of drug-likeness (QED) is 0.492. The van der Waals surface area contributed by atoms with Gasteiger partial charge in [-0.2, -0.15) is 0 Å². The lowest BCUT2D eigenvalue weighted by Crippen LogP contribution is -2.11. The summed E-state index contributed by atoms with van der Waals surface area (Å²) in [5.41, 5.74) is 3.68. The molecule has 1 N–H and O–H groups in total. The van der Waals surface area contributed by atoms with E-state index in [1.807, 2.05) is 29.6 Å². The van der Waals surface area contributed by atoms with E-state index >= 15 is 0 Å². The van der Waals surface area contributed by atoms with Crippen molar-refractivity contribution in [2.75, 3.05) is 11.9 Å². The van der Waals surface area contributed by atoms with Gasteiger partial charge < -0.3 is 4.74 Å². The molecule has 3 aromatic rings. The second kappa shape index (κ2) is 9.33. The minimum atomic E-state index is -0.182. The molecular weight excluding hydrogens is 356 g/mol. The number of aryl methyl sites for hydroxylation is 1. The van der Waals surface area contributed by atoms with E-state index in [1.54, 1.807) is 12.1 Å². The standard InChI is InChI=1S/C22H24N2O2S/c1-3-4-5-13-26-19-8-6-7-18(14-19)21(25)24-22-23-20(15-27-22)17-11-9-16(2)10-12-17/h6-12,14-15H,3-5,13H2,1-2H3,(H,23,24,25). The van der Waals surface area contributed by atoms with Gasteiger partial charge in [0, 0.05) is 16.5 Å². The van der Waals surface area contributed by atoms with Crippen molar-refractivity contribution in [3.63, 3.8) is 0 Å². The third-order valence-corrected chi connectivity index (χ3v) is 4.94. The Morgan fingerprint density at radius 1 is 1.15 bits per heavy atom. The van der Waals surface area contributed by atoms with Gasteiger partial charge in [-0.25, -0.2) is 4.98 Å². The Morgan fingerprint density at radius 2 is 1.96 bits per heavy atom. The highest BCUT2D eigenvalue weighted by molar-refractivity contribution is 7.14. The Balaban J connectivity index is 1.63. The van der Waals surface area contributed by atoms with Crippen molar-refractivity contribution >= 4 is 22.4 Å². The number of hydrogen-bond donors (Lipinski definition) is 1. The summed E-state index contributed by atoms with van der Waals surface area (Å²) in [7, 11) is 0. The first kappa shape index (κ1) is 19.1. The SMILES string of the molecule is CCCCCOc1cccc(C(=O)Nc2nc(-c3ccc(C)cc3)cs2)c1. The van der Waals surface area contributed by atoms with Crippen LogP contribution in [0, 0.1) is 6.92 Å². The van der Waals surface area contributed by atoms with Gasteiger partial charge in [0.05, 0.1) is 12.3 Å². The molecule has 1 heterocycles. The number of nitrogens with zero attached hydrogens (tertiary/aromatic N) is 1. The lowest BCUT2D eigenvalue weighted by molar-refractivity contribution is 0.102. The highest BCUT2D eigenvalue weighted by Crippen LogP contribution is 2.25. The molecule has 3 rings (SSSR count). The molecule has 4 nitrogen and oxygen atoms in total. The maximum Gasteiger partial charge on any atom is 0.257 e. The van der Waals surface area contributed by atoms with Crippen molar-refractivity contribution in [1.29, 1.82) is 0 Å². The predicted molar refractivity (Wildman–Crippen MR) is 112 cm³/mol. The van der Waals surface area contributed by atoms with Crippen molar-refractivity contribution in [1.82, 2.24) is 4.98 Å². The molecule has 0 aliphatic heterocycles. The van der Waals surface area contributed by atoms with E-state index in [2.05, 4.69) is 36.3 Å². The van der Waals surface area contributed by atoms with Gasteiger partial charge >= 0.3 is 0 Å². The van der Waals surface area contributed by atoms with Gasteiger partial charge in [-0.3, -0.25) is 10.1 Å². The summed E-state index contributed by atoms with van der Waals surface area (Å²) in [5.74, 6) is 0.539. The summed E-state index contributed by atoms with van der Waals surface area (Å²) in [5, 5.41) is 5.42. The van der Waals surface area contributed by atoms with Crippen LogP contribution in [0.15, 0.2) is 53.9 Å². The van der Waals surface area contributed by atoms with E-state index in [1.165, 1.54) is 16.9 Å². The summed E-state index contributed by atoms with van der Waals surface area (Å²) in [6, 6.07) is 15.5. The molecule has 0 aliphatic rings. The zero-order chi connectivity index (χ0) is 19.1. The first-order valence-corrected chi connectivity index (χ1v) is 10.1. The molecule has 0 spiro atoms. The average Bonchev–Trinajstić information content (AvgIpc) is 3.14. The van der Waals surface area contributed by atoms with Crippen LogP contribution < -0.4 is 10.1 Å². The molecule has 0 atom stereocenters. The highest BCUT2D eigenvalue weighted by atomic mass is 32.1. The third kappa shape index (κ3) is 5.41. The van der Waals surface area contributed by atoms with Crippen molar-refractivity contribution in [2.24, 2.45) is 0 Å². The lowest BCUT2D eigenvalue weighted by atomic mass is 10.1. The van der Waals surface area contributed by atoms with Crippen molar-refractivity contribution in [3.8, 4) is 17.0 Å². The molecule has 0 saturated heterocycles. The first-order valence-electron chi connectivity index (χ1n) is 9.22. The second-order valence-corrected chi connectivity index (χ2v) is 7.30. The Hall–Kier alpha value is -2.66. The molecule has 27 heavy (non-hydrogen) atoms. The van der Waals surface area contributed by atoms with Crippen LogP contribution in [0.3, 0.4) is 0 Å². The average molecular weight is 381 g/mol. The molecule has 1 aromatic heterocycles. The van der Waals surface area contributed by atoms with Gasteiger partial charge in [0.1, 0.15) is 5.75 Å². The van der Waals surface area contributed by atoms with Crippen LogP contribution in [0.1, 0.15) is 42.1 Å². The van der Waals surface area contributed by atoms with E-state index in [0.29, 0.717) is 17.3 Å². The van der Waals surface area contributed by atoms with Crippen LogP contribution >= 0.6 is 11.3 Å². The predicted octanol–water partition coefficient (Wildman–Crippen LogP) is 5.94. The molecule has 1 amide bonds. The maximum absolute atomic E-state index is 12.5. The minimum Gasteiger partial charge on any atom is -0.494 e. The minimum absolute atomic E-state index is 0.182. The number of anilines is 1. The lowest BCUT2D eigenvalue weighted by Gasteiger charge is -2.07. The van der Waals surface area contributed by atoms with Crippen LogP contribution in [0.4, 0.5) is 5.13 Å². The molecule has 0 aliphatic carbocycles. The van der Waals surface area contributed by atoms with E-state index in [9.17, 15) is 4.79 Å². The number of benzene rings is 2. The number of aromatic nitrogens is 1. The molecule has 0 unspecified atom stereocenters. The number of thiazole rings is 1.